The van der Waals surface area contributed by atoms with E-state index in [9.17, 15) is 14.7 Å². The molecule has 0 aliphatic rings. The second-order valence-corrected chi connectivity index (χ2v) is 3.54. The van der Waals surface area contributed by atoms with Crippen LogP contribution in [0.5, 0.6) is 5.75 Å². The first-order valence-electron chi connectivity index (χ1n) is 4.86. The predicted molar refractivity (Wildman–Crippen MR) is 60.3 cm³/mol. The number of phenols is 1. The average Bonchev–Trinajstić information content (AvgIpc) is 2.74. The van der Waals surface area contributed by atoms with Gasteiger partial charge in [-0.2, -0.15) is 0 Å². The van der Waals surface area contributed by atoms with E-state index in [2.05, 4.69) is 4.98 Å². The number of ketones is 1. The quantitative estimate of drug-likeness (QED) is 0.583. The van der Waals surface area contributed by atoms with Crippen molar-refractivity contribution in [3.05, 3.63) is 29.5 Å². The van der Waals surface area contributed by atoms with Crippen molar-refractivity contribution < 1.29 is 19.8 Å². The van der Waals surface area contributed by atoms with E-state index >= 15 is 0 Å². The fourth-order valence-electron chi connectivity index (χ4n) is 1.67. The van der Waals surface area contributed by atoms with Crippen LogP contribution in [0.1, 0.15) is 20.8 Å². The van der Waals surface area contributed by atoms with Crippen LogP contribution in [0.2, 0.25) is 0 Å². The summed E-state index contributed by atoms with van der Waals surface area (Å²) in [5, 5.41) is 18.8. The largest absolute Gasteiger partial charge is 0.506 e. The zero-order valence-electron chi connectivity index (χ0n) is 8.73. The van der Waals surface area contributed by atoms with Crippen molar-refractivity contribution in [1.82, 2.24) is 4.98 Å². The van der Waals surface area contributed by atoms with Gasteiger partial charge in [-0.3, -0.25) is 4.79 Å². The number of benzene rings is 1. The summed E-state index contributed by atoms with van der Waals surface area (Å²) in [5.41, 5.74) is 5.69. The first kappa shape index (κ1) is 11.2. The lowest BCUT2D eigenvalue weighted by Crippen LogP contribution is -2.13. The third kappa shape index (κ3) is 1.74. The fraction of sp³-hybridized carbons (Fsp3) is 0.0909. The normalized spacial score (nSPS) is 10.6. The molecule has 0 radical (unpaired) electrons. The Hall–Kier alpha value is -2.34. The van der Waals surface area contributed by atoms with Gasteiger partial charge < -0.3 is 20.9 Å². The smallest absolute Gasteiger partial charge is 0.352 e. The van der Waals surface area contributed by atoms with E-state index in [1.807, 2.05) is 0 Å². The molecule has 17 heavy (non-hydrogen) atoms. The summed E-state index contributed by atoms with van der Waals surface area (Å²) in [6.07, 6.45) is 0. The van der Waals surface area contributed by atoms with Gasteiger partial charge in [0.25, 0.3) is 0 Å². The summed E-state index contributed by atoms with van der Waals surface area (Å²) >= 11 is 0. The third-order valence-corrected chi connectivity index (χ3v) is 2.49. The van der Waals surface area contributed by atoms with E-state index in [0.29, 0.717) is 10.9 Å². The molecule has 2 aromatic rings. The Labute approximate surface area is 95.7 Å². The second kappa shape index (κ2) is 3.91. The molecule has 1 heterocycles. The topological polar surface area (TPSA) is 116 Å². The molecule has 0 saturated heterocycles. The maximum absolute atomic E-state index is 11.5. The lowest BCUT2D eigenvalue weighted by Gasteiger charge is -2.01. The Morgan fingerprint density at radius 3 is 2.65 bits per heavy atom. The summed E-state index contributed by atoms with van der Waals surface area (Å²) < 4.78 is 0. The molecule has 0 aliphatic heterocycles. The molecule has 1 aromatic heterocycles. The summed E-state index contributed by atoms with van der Waals surface area (Å²) in [7, 11) is 0. The van der Waals surface area contributed by atoms with Crippen LogP contribution in [0.4, 0.5) is 0 Å². The van der Waals surface area contributed by atoms with Crippen LogP contribution in [-0.2, 0) is 0 Å². The fourth-order valence-corrected chi connectivity index (χ4v) is 1.67. The van der Waals surface area contributed by atoms with Crippen LogP contribution in [0.15, 0.2) is 18.2 Å². The van der Waals surface area contributed by atoms with Crippen molar-refractivity contribution in [2.75, 3.05) is 6.54 Å². The van der Waals surface area contributed by atoms with E-state index in [0.717, 1.165) is 0 Å². The number of aromatic amines is 1. The first-order chi connectivity index (χ1) is 8.04. The minimum absolute atomic E-state index is 0.0902. The van der Waals surface area contributed by atoms with E-state index in [-0.39, 0.29) is 29.3 Å². The van der Waals surface area contributed by atoms with Crippen molar-refractivity contribution in [2.24, 2.45) is 5.73 Å². The standard InChI is InChI=1S/C11H10N2O4/c12-4-9(15)5-1-2-8(14)10-6(5)3-7(13-10)11(16)17/h1-3,13-14H,4,12H2,(H,16,17). The SMILES string of the molecule is NCC(=O)c1ccc(O)c2[nH]c(C(=O)O)cc12. The zero-order valence-corrected chi connectivity index (χ0v) is 8.73. The number of hydrogen-bond donors (Lipinski definition) is 4. The molecule has 0 spiro atoms. The van der Waals surface area contributed by atoms with Gasteiger partial charge in [-0.15, -0.1) is 0 Å². The second-order valence-electron chi connectivity index (χ2n) is 3.54. The minimum Gasteiger partial charge on any atom is -0.506 e. The maximum Gasteiger partial charge on any atom is 0.352 e. The van der Waals surface area contributed by atoms with Gasteiger partial charge >= 0.3 is 5.97 Å². The van der Waals surface area contributed by atoms with Crippen LogP contribution in [0.25, 0.3) is 10.9 Å². The molecule has 0 aliphatic carbocycles. The number of phenolic OH excluding ortho intramolecular Hbond substituents is 1. The Morgan fingerprint density at radius 2 is 2.06 bits per heavy atom. The van der Waals surface area contributed by atoms with Gasteiger partial charge in [0.2, 0.25) is 0 Å². The molecule has 0 amide bonds. The average molecular weight is 234 g/mol. The van der Waals surface area contributed by atoms with Crippen LogP contribution in [0, 0.1) is 0 Å². The molecule has 2 rings (SSSR count). The van der Waals surface area contributed by atoms with Gasteiger partial charge in [0.1, 0.15) is 11.4 Å². The maximum atomic E-state index is 11.5. The number of carbonyl (C=O) groups excluding carboxylic acids is 1. The van der Waals surface area contributed by atoms with Crippen LogP contribution >= 0.6 is 0 Å². The van der Waals surface area contributed by atoms with E-state index in [4.69, 9.17) is 10.8 Å². The number of nitrogens with one attached hydrogen (secondary N) is 1. The van der Waals surface area contributed by atoms with Gasteiger partial charge in [-0.1, -0.05) is 0 Å². The highest BCUT2D eigenvalue weighted by atomic mass is 16.4. The van der Waals surface area contributed by atoms with Crippen LogP contribution < -0.4 is 5.73 Å². The van der Waals surface area contributed by atoms with Crippen LogP contribution in [-0.4, -0.2) is 33.5 Å². The molecule has 6 heteroatoms. The Balaban J connectivity index is 2.75. The van der Waals surface area contributed by atoms with Crippen molar-refractivity contribution >= 4 is 22.7 Å². The van der Waals surface area contributed by atoms with Crippen molar-refractivity contribution in [3.63, 3.8) is 0 Å². The zero-order chi connectivity index (χ0) is 12.6. The van der Waals surface area contributed by atoms with Gasteiger partial charge in [0.05, 0.1) is 12.1 Å². The number of nitrogens with two attached hydrogens (primary N) is 1. The number of carboxylic acids is 1. The number of H-pyrrole nitrogens is 1. The van der Waals surface area contributed by atoms with Gasteiger partial charge in [0, 0.05) is 10.9 Å². The molecule has 5 N–H and O–H groups in total. The molecular formula is C11H10N2O4. The Morgan fingerprint density at radius 1 is 1.35 bits per heavy atom. The van der Waals surface area contributed by atoms with E-state index < -0.39 is 5.97 Å². The van der Waals surface area contributed by atoms with Crippen molar-refractivity contribution in [1.29, 1.82) is 0 Å². The van der Waals surface area contributed by atoms with Gasteiger partial charge in [-0.05, 0) is 18.2 Å². The molecule has 6 nitrogen and oxygen atoms in total. The molecule has 0 unspecified atom stereocenters. The third-order valence-electron chi connectivity index (χ3n) is 2.49. The predicted octanol–water partition coefficient (Wildman–Crippen LogP) is 0.713. The number of carbonyl (C=O) groups is 2. The Bertz CT molecular complexity index is 615. The lowest BCUT2D eigenvalue weighted by atomic mass is 10.1. The summed E-state index contributed by atoms with van der Waals surface area (Å²) in [6, 6.07) is 4.06. The van der Waals surface area contributed by atoms with E-state index in [1.165, 1.54) is 18.2 Å². The Kier molecular flexibility index (Phi) is 2.57. The summed E-state index contributed by atoms with van der Waals surface area (Å²) in [4.78, 5) is 24.9. The first-order valence-corrected chi connectivity index (χ1v) is 4.86. The van der Waals surface area contributed by atoms with Crippen molar-refractivity contribution in [3.8, 4) is 5.75 Å². The van der Waals surface area contributed by atoms with Gasteiger partial charge in [-0.25, -0.2) is 4.79 Å². The lowest BCUT2D eigenvalue weighted by molar-refractivity contribution is 0.0691. The highest BCUT2D eigenvalue weighted by Crippen LogP contribution is 2.28. The molecule has 0 bridgehead atoms. The molecule has 0 saturated carbocycles. The molecule has 1 aromatic carbocycles. The molecule has 0 atom stereocenters. The molecule has 88 valence electrons. The summed E-state index contributed by atoms with van der Waals surface area (Å²) in [5.74, 6) is -1.58. The number of aromatic nitrogens is 1. The number of carboxylic acid groups (broad SMARTS) is 1. The number of aromatic carboxylic acids is 1. The van der Waals surface area contributed by atoms with Crippen LogP contribution in [0.3, 0.4) is 0 Å². The number of aromatic hydroxyl groups is 1. The highest BCUT2D eigenvalue weighted by Gasteiger charge is 2.16. The molecular weight excluding hydrogens is 224 g/mol. The van der Waals surface area contributed by atoms with E-state index in [1.54, 1.807) is 0 Å². The summed E-state index contributed by atoms with van der Waals surface area (Å²) in [6.45, 7) is -0.173. The number of fused-ring (bicyclic) bond motifs is 1. The van der Waals surface area contributed by atoms with Crippen molar-refractivity contribution in [2.45, 2.75) is 0 Å². The van der Waals surface area contributed by atoms with Gasteiger partial charge in [0.15, 0.2) is 5.78 Å². The highest BCUT2D eigenvalue weighted by molar-refractivity contribution is 6.11. The number of rotatable bonds is 3. The number of hydrogen-bond acceptors (Lipinski definition) is 4. The minimum atomic E-state index is -1.16. The monoisotopic (exact) mass is 234 g/mol. The molecule has 0 fully saturated rings. The number of Topliss-reactive ketones (excluding diaryl/α,β-unsaturated/α-hetero) is 1.